The highest BCUT2D eigenvalue weighted by Gasteiger charge is 2.50. The minimum Gasteiger partial charge on any atom is -0.392 e. The van der Waals surface area contributed by atoms with Crippen LogP contribution in [0.1, 0.15) is 65.2 Å². The van der Waals surface area contributed by atoms with Crippen LogP contribution in [0.4, 0.5) is 0 Å². The van der Waals surface area contributed by atoms with Gasteiger partial charge in [0.2, 0.25) is 5.91 Å². The Morgan fingerprint density at radius 2 is 1.94 bits per heavy atom. The molecule has 1 amide bonds. The third-order valence-corrected chi connectivity index (χ3v) is 8.57. The normalized spacial score (nSPS) is 39.1. The van der Waals surface area contributed by atoms with Gasteiger partial charge in [-0.05, 0) is 73.7 Å². The first-order chi connectivity index (χ1) is 14.7. The van der Waals surface area contributed by atoms with Crippen LogP contribution in [0.5, 0.6) is 0 Å². The maximum atomic E-state index is 12.4. The SMILES string of the molecule is C=C1C(=O)C[C@H](O)C/C1=C/C=C1\CCC[C@@]2(C)C1CC[C@@H]2[C@H](C)/C=C1\CCN(C)C1=O. The summed E-state index contributed by atoms with van der Waals surface area (Å²) in [6.07, 6.45) is 13.5. The summed E-state index contributed by atoms with van der Waals surface area (Å²) in [5.74, 6) is 1.72. The van der Waals surface area contributed by atoms with Crippen molar-refractivity contribution < 1.29 is 14.7 Å². The van der Waals surface area contributed by atoms with Gasteiger partial charge in [-0.1, -0.05) is 44.2 Å². The van der Waals surface area contributed by atoms with Gasteiger partial charge in [-0.2, -0.15) is 0 Å². The maximum Gasteiger partial charge on any atom is 0.249 e. The van der Waals surface area contributed by atoms with Crippen molar-refractivity contribution in [3.05, 3.63) is 47.1 Å². The van der Waals surface area contributed by atoms with Crippen LogP contribution in [-0.2, 0) is 9.59 Å². The number of nitrogens with zero attached hydrogens (tertiary/aromatic N) is 1. The van der Waals surface area contributed by atoms with Crippen LogP contribution in [0.25, 0.3) is 0 Å². The summed E-state index contributed by atoms with van der Waals surface area (Å²) in [6.45, 7) is 9.55. The number of aliphatic hydroxyl groups is 1. The van der Waals surface area contributed by atoms with Crippen molar-refractivity contribution in [2.75, 3.05) is 13.6 Å². The molecule has 168 valence electrons. The smallest absolute Gasteiger partial charge is 0.249 e. The number of carbonyl (C=O) groups excluding carboxylic acids is 2. The number of rotatable bonds is 3. The zero-order valence-corrected chi connectivity index (χ0v) is 19.3. The fourth-order valence-electron chi connectivity index (χ4n) is 6.81. The van der Waals surface area contributed by atoms with Crippen molar-refractivity contribution >= 4 is 11.7 Å². The van der Waals surface area contributed by atoms with E-state index in [2.05, 4.69) is 38.7 Å². The van der Waals surface area contributed by atoms with Crippen LogP contribution >= 0.6 is 0 Å². The summed E-state index contributed by atoms with van der Waals surface area (Å²) >= 11 is 0. The van der Waals surface area contributed by atoms with E-state index in [4.69, 9.17) is 0 Å². The predicted octanol–water partition coefficient (Wildman–Crippen LogP) is 4.76. The Labute approximate surface area is 186 Å². The van der Waals surface area contributed by atoms with Crippen molar-refractivity contribution in [2.45, 2.75) is 71.3 Å². The first-order valence-electron chi connectivity index (χ1n) is 12.0. The molecule has 1 unspecified atom stereocenters. The van der Waals surface area contributed by atoms with Gasteiger partial charge < -0.3 is 10.0 Å². The highest BCUT2D eigenvalue weighted by atomic mass is 16.3. The van der Waals surface area contributed by atoms with E-state index in [1.54, 1.807) is 0 Å². The average molecular weight is 424 g/mol. The molecule has 0 aromatic rings. The van der Waals surface area contributed by atoms with Gasteiger partial charge in [0.1, 0.15) is 0 Å². The van der Waals surface area contributed by atoms with Crippen molar-refractivity contribution in [1.29, 1.82) is 0 Å². The number of allylic oxidation sites excluding steroid dienone is 5. The van der Waals surface area contributed by atoms with Crippen LogP contribution in [0.15, 0.2) is 47.1 Å². The van der Waals surface area contributed by atoms with Crippen LogP contribution in [-0.4, -0.2) is 41.4 Å². The van der Waals surface area contributed by atoms with Gasteiger partial charge in [-0.15, -0.1) is 0 Å². The van der Waals surface area contributed by atoms with Crippen LogP contribution in [0, 0.1) is 23.2 Å². The fourth-order valence-corrected chi connectivity index (χ4v) is 6.81. The van der Waals surface area contributed by atoms with Crippen molar-refractivity contribution in [3.8, 4) is 0 Å². The number of hydrogen-bond acceptors (Lipinski definition) is 3. The molecule has 3 saturated carbocycles. The van der Waals surface area contributed by atoms with E-state index in [0.29, 0.717) is 29.7 Å². The van der Waals surface area contributed by atoms with Gasteiger partial charge in [0, 0.05) is 31.2 Å². The van der Waals surface area contributed by atoms with E-state index in [-0.39, 0.29) is 23.5 Å². The predicted molar refractivity (Wildman–Crippen MR) is 123 cm³/mol. The number of aliphatic hydroxyl groups excluding tert-OH is 1. The zero-order valence-electron chi connectivity index (χ0n) is 19.3. The monoisotopic (exact) mass is 423 g/mol. The Kier molecular flexibility index (Phi) is 6.13. The molecule has 0 aromatic carbocycles. The Balaban J connectivity index is 1.54. The number of likely N-dealkylation sites (tertiary alicyclic amines) is 1. The number of ketones is 1. The second kappa shape index (κ2) is 8.54. The molecule has 0 spiro atoms. The average Bonchev–Trinajstić information content (AvgIpc) is 3.23. The molecule has 4 rings (SSSR count). The molecule has 1 aliphatic heterocycles. The molecule has 4 heteroatoms. The first kappa shape index (κ1) is 22.3. The molecule has 4 nitrogen and oxygen atoms in total. The lowest BCUT2D eigenvalue weighted by Gasteiger charge is -2.44. The summed E-state index contributed by atoms with van der Waals surface area (Å²) < 4.78 is 0. The molecule has 5 atom stereocenters. The minimum atomic E-state index is -0.582. The Hall–Kier alpha value is -1.94. The lowest BCUT2D eigenvalue weighted by atomic mass is 9.61. The van der Waals surface area contributed by atoms with Gasteiger partial charge in [0.15, 0.2) is 5.78 Å². The molecule has 0 radical (unpaired) electrons. The Morgan fingerprint density at radius 1 is 1.16 bits per heavy atom. The van der Waals surface area contributed by atoms with E-state index < -0.39 is 6.10 Å². The summed E-state index contributed by atoms with van der Waals surface area (Å²) in [5.41, 5.74) is 4.19. The number of Topliss-reactive ketones (excluding diaryl/α,β-unsaturated/α-hetero) is 1. The van der Waals surface area contributed by atoms with Crippen molar-refractivity contribution in [1.82, 2.24) is 4.90 Å². The van der Waals surface area contributed by atoms with Gasteiger partial charge >= 0.3 is 0 Å². The number of carbonyl (C=O) groups is 2. The van der Waals surface area contributed by atoms with Gasteiger partial charge in [-0.3, -0.25) is 9.59 Å². The molecule has 1 saturated heterocycles. The van der Waals surface area contributed by atoms with Crippen LogP contribution in [0.2, 0.25) is 0 Å². The van der Waals surface area contributed by atoms with Crippen molar-refractivity contribution in [2.24, 2.45) is 23.2 Å². The third-order valence-electron chi connectivity index (χ3n) is 8.57. The topological polar surface area (TPSA) is 57.6 Å². The summed E-state index contributed by atoms with van der Waals surface area (Å²) in [6, 6.07) is 0. The molecule has 0 aromatic heterocycles. The number of fused-ring (bicyclic) bond motifs is 1. The van der Waals surface area contributed by atoms with E-state index in [9.17, 15) is 14.7 Å². The van der Waals surface area contributed by atoms with Gasteiger partial charge in [-0.25, -0.2) is 0 Å². The lowest BCUT2D eigenvalue weighted by molar-refractivity contribution is -0.123. The quantitative estimate of drug-likeness (QED) is 0.666. The first-order valence-corrected chi connectivity index (χ1v) is 12.0. The largest absolute Gasteiger partial charge is 0.392 e. The highest BCUT2D eigenvalue weighted by molar-refractivity contribution is 6.00. The number of amides is 1. The standard InChI is InChI=1S/C27H37NO3/c1-17(14-21-11-13-28(4)26(21)31)23-9-10-24-19(6-5-12-27(23,24)3)7-8-20-15-22(29)16-25(30)18(20)2/h7-8,14,17,22-24,29H,2,5-6,9-13,15-16H2,1,3-4H3/b19-7+,20-8-,21-14+/t17-,22-,23-,24?,27-/m1/s1. The van der Waals surface area contributed by atoms with Crippen LogP contribution < -0.4 is 0 Å². The number of likely N-dealkylation sites (N-methyl/N-ethyl adjacent to an activating group) is 1. The lowest BCUT2D eigenvalue weighted by Crippen LogP contribution is -2.35. The van der Waals surface area contributed by atoms with E-state index in [1.807, 2.05) is 11.9 Å². The summed E-state index contributed by atoms with van der Waals surface area (Å²) in [4.78, 5) is 26.2. The summed E-state index contributed by atoms with van der Waals surface area (Å²) in [7, 11) is 1.89. The van der Waals surface area contributed by atoms with Crippen molar-refractivity contribution in [3.63, 3.8) is 0 Å². The molecule has 3 aliphatic carbocycles. The van der Waals surface area contributed by atoms with Gasteiger partial charge in [0.25, 0.3) is 0 Å². The van der Waals surface area contributed by atoms with Gasteiger partial charge in [0.05, 0.1) is 6.10 Å². The minimum absolute atomic E-state index is 0.0354. The van der Waals surface area contributed by atoms with Crippen LogP contribution in [0.3, 0.4) is 0 Å². The number of hydrogen-bond donors (Lipinski definition) is 1. The van der Waals surface area contributed by atoms with E-state index in [0.717, 1.165) is 30.5 Å². The molecule has 1 heterocycles. The summed E-state index contributed by atoms with van der Waals surface area (Å²) in [5, 5.41) is 9.99. The molecule has 4 aliphatic rings. The molecule has 4 fully saturated rings. The molecule has 1 N–H and O–H groups in total. The second-order valence-corrected chi connectivity index (χ2v) is 10.5. The van der Waals surface area contributed by atoms with E-state index in [1.165, 1.54) is 31.3 Å². The highest BCUT2D eigenvalue weighted by Crippen LogP contribution is 2.59. The molecular formula is C27H37NO3. The molecule has 0 bridgehead atoms. The maximum absolute atomic E-state index is 12.4. The Morgan fingerprint density at radius 3 is 2.65 bits per heavy atom. The fraction of sp³-hybridized carbons (Fsp3) is 0.630. The third kappa shape index (κ3) is 4.11. The molecule has 31 heavy (non-hydrogen) atoms. The molecular weight excluding hydrogens is 386 g/mol. The Bertz CT molecular complexity index is 879. The zero-order chi connectivity index (χ0) is 22.3. The second-order valence-electron chi connectivity index (χ2n) is 10.5. The van der Waals surface area contributed by atoms with E-state index >= 15 is 0 Å².